The van der Waals surface area contributed by atoms with Gasteiger partial charge in [0.2, 0.25) is 5.72 Å². The number of carbonyl (C=O) groups is 1. The maximum atomic E-state index is 13.8. The minimum absolute atomic E-state index is 0.0432. The maximum absolute atomic E-state index is 13.8. The van der Waals surface area contributed by atoms with Gasteiger partial charge in [0, 0.05) is 31.2 Å². The van der Waals surface area contributed by atoms with Crippen LogP contribution in [0.5, 0.6) is 5.75 Å². The number of fused-ring (bicyclic) bond motifs is 4. The van der Waals surface area contributed by atoms with Crippen molar-refractivity contribution in [1.82, 2.24) is 4.90 Å². The van der Waals surface area contributed by atoms with Gasteiger partial charge in [0.1, 0.15) is 5.69 Å². The molecule has 3 aliphatic rings. The molecule has 3 aromatic rings. The molecular weight excluding hydrogens is 434 g/mol. The SMILES string of the molecule is Cc1cc2c(cc1C)C(C)(C)C1(C=Nc3c(c(C(=O)N4CCCCC4)cc4ccccc34)O1)N2C. The van der Waals surface area contributed by atoms with Gasteiger partial charge >= 0.3 is 0 Å². The average Bonchev–Trinajstić information content (AvgIpc) is 3.01. The van der Waals surface area contributed by atoms with Crippen LogP contribution in [0.3, 0.4) is 0 Å². The first-order valence-corrected chi connectivity index (χ1v) is 12.7. The summed E-state index contributed by atoms with van der Waals surface area (Å²) in [6.45, 7) is 10.3. The molecule has 0 saturated carbocycles. The summed E-state index contributed by atoms with van der Waals surface area (Å²) in [6.07, 6.45) is 5.24. The van der Waals surface area contributed by atoms with Crippen LogP contribution in [-0.4, -0.2) is 42.9 Å². The summed E-state index contributed by atoms with van der Waals surface area (Å²) in [7, 11) is 2.08. The molecule has 3 heterocycles. The van der Waals surface area contributed by atoms with E-state index < -0.39 is 5.72 Å². The molecule has 6 rings (SSSR count). The molecule has 3 aromatic carbocycles. The van der Waals surface area contributed by atoms with E-state index in [1.807, 2.05) is 29.3 Å². The van der Waals surface area contributed by atoms with Crippen LogP contribution in [0.4, 0.5) is 11.4 Å². The Morgan fingerprint density at radius 3 is 2.49 bits per heavy atom. The van der Waals surface area contributed by atoms with Crippen LogP contribution in [0.15, 0.2) is 47.5 Å². The predicted octanol–water partition coefficient (Wildman–Crippen LogP) is 6.30. The zero-order chi connectivity index (χ0) is 24.5. The van der Waals surface area contributed by atoms with Gasteiger partial charge in [0.15, 0.2) is 5.75 Å². The van der Waals surface area contributed by atoms with E-state index in [-0.39, 0.29) is 11.3 Å². The molecule has 35 heavy (non-hydrogen) atoms. The van der Waals surface area contributed by atoms with Crippen molar-refractivity contribution in [3.63, 3.8) is 0 Å². The Balaban J connectivity index is 1.55. The van der Waals surface area contributed by atoms with Gasteiger partial charge in [0.25, 0.3) is 5.91 Å². The molecule has 3 aliphatic heterocycles. The van der Waals surface area contributed by atoms with Crippen molar-refractivity contribution in [2.24, 2.45) is 4.99 Å². The van der Waals surface area contributed by atoms with Crippen molar-refractivity contribution in [1.29, 1.82) is 0 Å². The number of aryl methyl sites for hydroxylation is 2. The van der Waals surface area contributed by atoms with Crippen molar-refractivity contribution in [3.05, 3.63) is 64.7 Å². The summed E-state index contributed by atoms with van der Waals surface area (Å²) in [6, 6.07) is 14.7. The molecule has 5 nitrogen and oxygen atoms in total. The summed E-state index contributed by atoms with van der Waals surface area (Å²) in [4.78, 5) is 23.1. The second-order valence-corrected chi connectivity index (χ2v) is 10.9. The Morgan fingerprint density at radius 1 is 1.00 bits per heavy atom. The molecule has 1 unspecified atom stereocenters. The van der Waals surface area contributed by atoms with Gasteiger partial charge in [-0.3, -0.25) is 9.79 Å². The molecule has 1 amide bonds. The number of likely N-dealkylation sites (N-methyl/N-ethyl adjacent to an activating group) is 1. The fourth-order valence-electron chi connectivity index (χ4n) is 6.12. The van der Waals surface area contributed by atoms with Gasteiger partial charge in [-0.2, -0.15) is 0 Å². The highest BCUT2D eigenvalue weighted by molar-refractivity contribution is 6.09. The molecule has 1 fully saturated rings. The normalized spacial score (nSPS) is 22.3. The standard InChI is InChI=1S/C30H33N3O2/c1-19-15-24-25(16-20(19)2)32(5)30(29(24,3)4)18-31-26-22-12-8-7-11-21(22)17-23(27(26)35-30)28(34)33-13-9-6-10-14-33/h7-8,11-12,15-18H,6,9-10,13-14H2,1-5H3. The quantitative estimate of drug-likeness (QED) is 0.422. The number of rotatable bonds is 1. The van der Waals surface area contributed by atoms with Crippen LogP contribution in [0, 0.1) is 13.8 Å². The first-order chi connectivity index (χ1) is 16.7. The maximum Gasteiger partial charge on any atom is 0.257 e. The third-order valence-electron chi connectivity index (χ3n) is 8.52. The molecule has 0 N–H and O–H groups in total. The average molecular weight is 468 g/mol. The van der Waals surface area contributed by atoms with Crippen molar-refractivity contribution < 1.29 is 9.53 Å². The fraction of sp³-hybridized carbons (Fsp3) is 0.400. The Morgan fingerprint density at radius 2 is 1.71 bits per heavy atom. The number of nitrogens with zero attached hydrogens (tertiary/aromatic N) is 3. The Kier molecular flexibility index (Phi) is 4.79. The van der Waals surface area contributed by atoms with Gasteiger partial charge in [-0.25, -0.2) is 0 Å². The largest absolute Gasteiger partial charge is 0.459 e. The van der Waals surface area contributed by atoms with E-state index in [0.29, 0.717) is 11.3 Å². The van der Waals surface area contributed by atoms with Gasteiger partial charge < -0.3 is 14.5 Å². The van der Waals surface area contributed by atoms with Crippen molar-refractivity contribution in [2.75, 3.05) is 25.0 Å². The topological polar surface area (TPSA) is 45.1 Å². The van der Waals surface area contributed by atoms with Crippen LogP contribution in [-0.2, 0) is 5.41 Å². The van der Waals surface area contributed by atoms with E-state index in [4.69, 9.17) is 9.73 Å². The lowest BCUT2D eigenvalue weighted by Gasteiger charge is -2.45. The Labute approximate surface area is 207 Å². The number of ether oxygens (including phenoxy) is 1. The van der Waals surface area contributed by atoms with Crippen LogP contribution < -0.4 is 9.64 Å². The number of amides is 1. The van der Waals surface area contributed by atoms with E-state index in [1.54, 1.807) is 0 Å². The molecule has 1 atom stereocenters. The highest BCUT2D eigenvalue weighted by Gasteiger charge is 2.59. The molecule has 0 bridgehead atoms. The third-order valence-corrected chi connectivity index (χ3v) is 8.52. The number of anilines is 1. The third kappa shape index (κ3) is 3.00. The number of carbonyl (C=O) groups excluding carboxylic acids is 1. The molecule has 1 spiro atoms. The number of hydrogen-bond acceptors (Lipinski definition) is 4. The first-order valence-electron chi connectivity index (χ1n) is 12.7. The van der Waals surface area contributed by atoms with Crippen molar-refractivity contribution >= 4 is 34.3 Å². The molecule has 0 radical (unpaired) electrons. The zero-order valence-corrected chi connectivity index (χ0v) is 21.3. The minimum Gasteiger partial charge on any atom is -0.459 e. The second-order valence-electron chi connectivity index (χ2n) is 10.9. The lowest BCUT2D eigenvalue weighted by Crippen LogP contribution is -2.61. The molecule has 0 aromatic heterocycles. The number of piperidine rings is 1. The predicted molar refractivity (Wildman–Crippen MR) is 143 cm³/mol. The lowest BCUT2D eigenvalue weighted by molar-refractivity contribution is 0.0669. The summed E-state index contributed by atoms with van der Waals surface area (Å²) >= 11 is 0. The lowest BCUT2D eigenvalue weighted by atomic mass is 9.77. The number of benzene rings is 3. The monoisotopic (exact) mass is 467 g/mol. The summed E-state index contributed by atoms with van der Waals surface area (Å²) in [5.74, 6) is 0.643. The van der Waals surface area contributed by atoms with E-state index in [1.165, 1.54) is 23.1 Å². The number of likely N-dealkylation sites (tertiary alicyclic amines) is 1. The molecule has 0 aliphatic carbocycles. The highest BCUT2D eigenvalue weighted by atomic mass is 16.5. The second kappa shape index (κ2) is 7.58. The Bertz CT molecular complexity index is 1400. The molecule has 5 heteroatoms. The fourth-order valence-corrected chi connectivity index (χ4v) is 6.12. The summed E-state index contributed by atoms with van der Waals surface area (Å²) < 4.78 is 7.05. The highest BCUT2D eigenvalue weighted by Crippen LogP contribution is 2.55. The van der Waals surface area contributed by atoms with E-state index in [0.717, 1.165) is 48.1 Å². The van der Waals surface area contributed by atoms with Crippen LogP contribution >= 0.6 is 0 Å². The van der Waals surface area contributed by atoms with E-state index in [2.05, 4.69) is 63.9 Å². The smallest absolute Gasteiger partial charge is 0.257 e. The van der Waals surface area contributed by atoms with Crippen molar-refractivity contribution in [2.45, 2.75) is 58.1 Å². The molecular formula is C30H33N3O2. The number of aliphatic imine (C=N–C) groups is 1. The number of hydrogen-bond donors (Lipinski definition) is 0. The Hall–Kier alpha value is -3.34. The summed E-state index contributed by atoms with van der Waals surface area (Å²) in [5.41, 5.74) is 5.06. The van der Waals surface area contributed by atoms with Gasteiger partial charge in [0.05, 0.1) is 17.2 Å². The van der Waals surface area contributed by atoms with Gasteiger partial charge in [-0.05, 0) is 81.2 Å². The van der Waals surface area contributed by atoms with Crippen LogP contribution in [0.25, 0.3) is 10.8 Å². The minimum atomic E-state index is -0.831. The van der Waals surface area contributed by atoms with E-state index >= 15 is 0 Å². The molecule has 1 saturated heterocycles. The van der Waals surface area contributed by atoms with Gasteiger partial charge in [-0.15, -0.1) is 0 Å². The van der Waals surface area contributed by atoms with Crippen LogP contribution in [0.2, 0.25) is 0 Å². The van der Waals surface area contributed by atoms with Crippen molar-refractivity contribution in [3.8, 4) is 5.75 Å². The molecule has 180 valence electrons. The first kappa shape index (κ1) is 22.1. The van der Waals surface area contributed by atoms with E-state index in [9.17, 15) is 4.79 Å². The van der Waals surface area contributed by atoms with Crippen LogP contribution in [0.1, 0.15) is 60.2 Å². The summed E-state index contributed by atoms with van der Waals surface area (Å²) in [5, 5.41) is 2.02. The zero-order valence-electron chi connectivity index (χ0n) is 21.3. The van der Waals surface area contributed by atoms with Gasteiger partial charge in [-0.1, -0.05) is 30.3 Å².